The van der Waals surface area contributed by atoms with Crippen molar-refractivity contribution < 1.29 is 26.7 Å². The molecule has 3 atom stereocenters. The zero-order chi connectivity index (χ0) is 20.5. The summed E-state index contributed by atoms with van der Waals surface area (Å²) in [6.07, 6.45) is 2.52. The van der Waals surface area contributed by atoms with Crippen molar-refractivity contribution in [2.45, 2.75) is 73.6 Å². The van der Waals surface area contributed by atoms with E-state index in [2.05, 4.69) is 0 Å². The summed E-state index contributed by atoms with van der Waals surface area (Å²) in [7, 11) is -5.38. The first kappa shape index (κ1) is 22.4. The van der Waals surface area contributed by atoms with E-state index in [1.54, 1.807) is 7.05 Å². The Hall–Kier alpha value is -0.300. The van der Waals surface area contributed by atoms with Gasteiger partial charge in [-0.25, -0.2) is 21.1 Å². The fourth-order valence-electron chi connectivity index (χ4n) is 4.66. The lowest BCUT2D eigenvalue weighted by Gasteiger charge is -2.39. The maximum atomic E-state index is 13.1. The molecule has 0 radical (unpaired) electrons. The largest absolute Gasteiger partial charge is 0.393 e. The Balaban J connectivity index is 1.61. The van der Waals surface area contributed by atoms with Gasteiger partial charge < -0.3 is 15.6 Å². The highest BCUT2D eigenvalue weighted by Gasteiger charge is 2.43. The Labute approximate surface area is 168 Å². The highest BCUT2D eigenvalue weighted by atomic mass is 32.2. The molecule has 0 aromatic rings. The standard InChI is InChI=1S/C17H33N3O6S2/c1-19(28(24,25)17-7-4-14(21)12-16(17)18)13-2-5-15(6-3-13)27(22,23)20-8-10-26-11-9-20/h13-17,21H,2-12,18H2,1H3. The number of aliphatic hydroxyl groups excluding tert-OH is 1. The predicted molar refractivity (Wildman–Crippen MR) is 106 cm³/mol. The molecule has 1 saturated heterocycles. The van der Waals surface area contributed by atoms with Gasteiger partial charge in [-0.15, -0.1) is 0 Å². The van der Waals surface area contributed by atoms with Crippen molar-refractivity contribution in [1.82, 2.24) is 8.61 Å². The lowest BCUT2D eigenvalue weighted by molar-refractivity contribution is 0.0722. The van der Waals surface area contributed by atoms with Crippen LogP contribution in [0.2, 0.25) is 0 Å². The minimum absolute atomic E-state index is 0.208. The molecule has 11 heteroatoms. The Morgan fingerprint density at radius 3 is 2.18 bits per heavy atom. The zero-order valence-corrected chi connectivity index (χ0v) is 18.1. The molecule has 3 fully saturated rings. The topological polar surface area (TPSA) is 130 Å². The summed E-state index contributed by atoms with van der Waals surface area (Å²) in [5.41, 5.74) is 6.02. The highest BCUT2D eigenvalue weighted by molar-refractivity contribution is 7.90. The van der Waals surface area contributed by atoms with Crippen molar-refractivity contribution in [3.8, 4) is 0 Å². The molecule has 0 amide bonds. The fourth-order valence-corrected chi connectivity index (χ4v) is 8.65. The first-order valence-electron chi connectivity index (χ1n) is 10.1. The molecule has 0 spiro atoms. The number of aliphatic hydroxyl groups is 1. The van der Waals surface area contributed by atoms with Gasteiger partial charge in [0.2, 0.25) is 20.0 Å². The fraction of sp³-hybridized carbons (Fsp3) is 1.00. The van der Waals surface area contributed by atoms with Gasteiger partial charge in [-0.2, -0.15) is 4.31 Å². The number of nitrogens with zero attached hydrogens (tertiary/aromatic N) is 2. The molecular weight excluding hydrogens is 406 g/mol. The smallest absolute Gasteiger partial charge is 0.218 e. The van der Waals surface area contributed by atoms with Crippen LogP contribution in [0.4, 0.5) is 0 Å². The van der Waals surface area contributed by atoms with Gasteiger partial charge in [0, 0.05) is 32.2 Å². The van der Waals surface area contributed by atoms with Crippen molar-refractivity contribution in [2.75, 3.05) is 33.4 Å². The van der Waals surface area contributed by atoms with Gasteiger partial charge >= 0.3 is 0 Å². The summed E-state index contributed by atoms with van der Waals surface area (Å²) in [5.74, 6) is 0. The Bertz CT molecular complexity index is 730. The van der Waals surface area contributed by atoms with E-state index < -0.39 is 42.7 Å². The summed E-state index contributed by atoms with van der Waals surface area (Å²) in [6, 6.07) is -0.783. The number of nitrogens with two attached hydrogens (primary N) is 1. The molecule has 3 N–H and O–H groups in total. The molecule has 28 heavy (non-hydrogen) atoms. The average molecular weight is 440 g/mol. The summed E-state index contributed by atoms with van der Waals surface area (Å²) in [5, 5.41) is 8.57. The van der Waals surface area contributed by atoms with Crippen molar-refractivity contribution >= 4 is 20.0 Å². The van der Waals surface area contributed by atoms with Crippen LogP contribution in [0.5, 0.6) is 0 Å². The van der Waals surface area contributed by atoms with Gasteiger partial charge in [0.05, 0.1) is 29.8 Å². The van der Waals surface area contributed by atoms with Crippen molar-refractivity contribution in [2.24, 2.45) is 5.73 Å². The van der Waals surface area contributed by atoms with Crippen LogP contribution in [0.1, 0.15) is 44.9 Å². The van der Waals surface area contributed by atoms with Crippen LogP contribution in [0.3, 0.4) is 0 Å². The SMILES string of the molecule is CN(C1CCC(S(=O)(=O)N2CCOCC2)CC1)S(=O)(=O)C1CCC(O)CC1N. The maximum Gasteiger partial charge on any atom is 0.218 e. The molecule has 2 aliphatic carbocycles. The average Bonchev–Trinajstić information content (AvgIpc) is 2.68. The third-order valence-corrected chi connectivity index (χ3v) is 11.3. The van der Waals surface area contributed by atoms with Crippen LogP contribution in [-0.4, -0.2) is 92.6 Å². The molecule has 9 nitrogen and oxygen atoms in total. The first-order chi connectivity index (χ1) is 13.1. The minimum Gasteiger partial charge on any atom is -0.393 e. The quantitative estimate of drug-likeness (QED) is 0.588. The van der Waals surface area contributed by atoms with E-state index >= 15 is 0 Å². The van der Waals surface area contributed by atoms with E-state index in [9.17, 15) is 21.9 Å². The van der Waals surface area contributed by atoms with E-state index in [0.29, 0.717) is 71.2 Å². The molecule has 3 unspecified atom stereocenters. The molecule has 0 bridgehead atoms. The van der Waals surface area contributed by atoms with E-state index in [-0.39, 0.29) is 6.04 Å². The Morgan fingerprint density at radius 2 is 1.61 bits per heavy atom. The van der Waals surface area contributed by atoms with Gasteiger partial charge in [0.15, 0.2) is 0 Å². The highest BCUT2D eigenvalue weighted by Crippen LogP contribution is 2.33. The third-order valence-electron chi connectivity index (χ3n) is 6.50. The van der Waals surface area contributed by atoms with Crippen LogP contribution in [0.25, 0.3) is 0 Å². The molecule has 164 valence electrons. The van der Waals surface area contributed by atoms with Crippen molar-refractivity contribution in [3.63, 3.8) is 0 Å². The predicted octanol–water partition coefficient (Wildman–Crippen LogP) is -0.538. The van der Waals surface area contributed by atoms with Crippen molar-refractivity contribution in [1.29, 1.82) is 0 Å². The number of hydrogen-bond donors (Lipinski definition) is 2. The molecule has 3 rings (SSSR count). The minimum atomic E-state index is -3.59. The van der Waals surface area contributed by atoms with Gasteiger partial charge in [-0.05, 0) is 44.9 Å². The number of rotatable bonds is 5. The molecule has 0 aromatic carbocycles. The lowest BCUT2D eigenvalue weighted by atomic mass is 9.93. The normalized spacial score (nSPS) is 36.5. The van der Waals surface area contributed by atoms with Gasteiger partial charge in [0.25, 0.3) is 0 Å². The molecule has 2 saturated carbocycles. The van der Waals surface area contributed by atoms with Crippen LogP contribution in [0.15, 0.2) is 0 Å². The van der Waals surface area contributed by atoms with Crippen LogP contribution < -0.4 is 5.73 Å². The number of hydrogen-bond acceptors (Lipinski definition) is 7. The number of ether oxygens (including phenoxy) is 1. The lowest BCUT2D eigenvalue weighted by Crippen LogP contribution is -2.53. The second kappa shape index (κ2) is 8.83. The summed E-state index contributed by atoms with van der Waals surface area (Å²) in [6.45, 7) is 1.63. The number of morpholine rings is 1. The zero-order valence-electron chi connectivity index (χ0n) is 16.4. The number of sulfonamides is 2. The van der Waals surface area contributed by atoms with E-state index in [1.807, 2.05) is 0 Å². The van der Waals surface area contributed by atoms with E-state index in [4.69, 9.17) is 10.5 Å². The van der Waals surface area contributed by atoms with Crippen LogP contribution in [-0.2, 0) is 24.8 Å². The molecule has 1 heterocycles. The Morgan fingerprint density at radius 1 is 1.00 bits per heavy atom. The summed E-state index contributed by atoms with van der Waals surface area (Å²) in [4.78, 5) is 0. The summed E-state index contributed by atoms with van der Waals surface area (Å²) < 4.78 is 59.9. The van der Waals surface area contributed by atoms with Gasteiger partial charge in [0.1, 0.15) is 0 Å². The van der Waals surface area contributed by atoms with E-state index in [1.165, 1.54) is 8.61 Å². The third kappa shape index (κ3) is 4.55. The monoisotopic (exact) mass is 439 g/mol. The van der Waals surface area contributed by atoms with Gasteiger partial charge in [-0.1, -0.05) is 0 Å². The first-order valence-corrected chi connectivity index (χ1v) is 13.1. The second-order valence-corrected chi connectivity index (χ2v) is 12.6. The summed E-state index contributed by atoms with van der Waals surface area (Å²) >= 11 is 0. The second-order valence-electron chi connectivity index (χ2n) is 8.22. The maximum absolute atomic E-state index is 13.1. The molecule has 1 aliphatic heterocycles. The molecular formula is C17H33N3O6S2. The molecule has 0 aromatic heterocycles. The Kier molecular flexibility index (Phi) is 7.06. The van der Waals surface area contributed by atoms with Crippen molar-refractivity contribution in [3.05, 3.63) is 0 Å². The molecule has 3 aliphatic rings. The van der Waals surface area contributed by atoms with E-state index in [0.717, 1.165) is 0 Å². The van der Waals surface area contributed by atoms with Gasteiger partial charge in [-0.3, -0.25) is 0 Å². The van der Waals surface area contributed by atoms with Crippen LogP contribution >= 0.6 is 0 Å². The van der Waals surface area contributed by atoms with Crippen LogP contribution in [0, 0.1) is 0 Å².